The van der Waals surface area contributed by atoms with Gasteiger partial charge in [0.2, 0.25) is 0 Å². The minimum atomic E-state index is -1.24. The van der Waals surface area contributed by atoms with E-state index in [-0.39, 0.29) is 0 Å². The second-order valence-electron chi connectivity index (χ2n) is 3.56. The first-order chi connectivity index (χ1) is 7.63. The van der Waals surface area contributed by atoms with Gasteiger partial charge in [-0.05, 0) is 18.6 Å². The zero-order chi connectivity index (χ0) is 12.0. The maximum absolute atomic E-state index is 11.3. The fourth-order valence-electron chi connectivity index (χ4n) is 1.41. The first kappa shape index (κ1) is 13.1. The van der Waals surface area contributed by atoms with E-state index < -0.39 is 24.6 Å². The number of aliphatic hydroxyl groups is 1. The van der Waals surface area contributed by atoms with Gasteiger partial charge in [0.05, 0.1) is 6.61 Å². The fourth-order valence-corrected chi connectivity index (χ4v) is 2.61. The molecule has 6 nitrogen and oxygen atoms in total. The van der Waals surface area contributed by atoms with Crippen molar-refractivity contribution in [2.75, 3.05) is 18.9 Å². The Bertz CT molecular complexity index is 256. The lowest BCUT2D eigenvalue weighted by atomic mass is 10.2. The minimum Gasteiger partial charge on any atom is -0.480 e. The van der Waals surface area contributed by atoms with Gasteiger partial charge in [0.1, 0.15) is 0 Å². The fraction of sp³-hybridized carbons (Fsp3) is 0.778. The van der Waals surface area contributed by atoms with E-state index in [9.17, 15) is 9.59 Å². The van der Waals surface area contributed by atoms with Crippen molar-refractivity contribution in [2.45, 2.75) is 24.1 Å². The van der Waals surface area contributed by atoms with Crippen molar-refractivity contribution >= 4 is 23.8 Å². The number of amides is 2. The molecule has 4 N–H and O–H groups in total. The third-order valence-corrected chi connectivity index (χ3v) is 3.70. The van der Waals surface area contributed by atoms with Crippen molar-refractivity contribution in [3.8, 4) is 0 Å². The third kappa shape index (κ3) is 4.28. The molecule has 0 aromatic carbocycles. The van der Waals surface area contributed by atoms with Gasteiger partial charge in [0, 0.05) is 11.8 Å². The Morgan fingerprint density at radius 1 is 1.50 bits per heavy atom. The molecule has 2 amide bonds. The molecule has 7 heteroatoms. The molecule has 0 bridgehead atoms. The quantitative estimate of drug-likeness (QED) is 0.532. The molecule has 0 spiro atoms. The smallest absolute Gasteiger partial charge is 0.328 e. The topological polar surface area (TPSA) is 98.7 Å². The van der Waals surface area contributed by atoms with E-state index in [1.807, 2.05) is 11.8 Å². The summed E-state index contributed by atoms with van der Waals surface area (Å²) in [5.41, 5.74) is 0. The van der Waals surface area contributed by atoms with Crippen LogP contribution >= 0.6 is 11.8 Å². The van der Waals surface area contributed by atoms with Crippen molar-refractivity contribution in [1.29, 1.82) is 0 Å². The van der Waals surface area contributed by atoms with Gasteiger partial charge in [-0.2, -0.15) is 11.8 Å². The van der Waals surface area contributed by atoms with Gasteiger partial charge >= 0.3 is 12.0 Å². The van der Waals surface area contributed by atoms with Crippen LogP contribution in [0.1, 0.15) is 12.8 Å². The second kappa shape index (κ2) is 6.59. The Morgan fingerprint density at radius 2 is 2.25 bits per heavy atom. The van der Waals surface area contributed by atoms with Crippen molar-refractivity contribution in [3.05, 3.63) is 0 Å². The van der Waals surface area contributed by atoms with E-state index in [0.29, 0.717) is 11.8 Å². The summed E-state index contributed by atoms with van der Waals surface area (Å²) in [5.74, 6) is -0.129. The van der Waals surface area contributed by atoms with E-state index in [4.69, 9.17) is 10.2 Å². The Hall–Kier alpha value is -0.950. The first-order valence-electron chi connectivity index (χ1n) is 5.13. The van der Waals surface area contributed by atoms with Gasteiger partial charge in [-0.3, -0.25) is 0 Å². The second-order valence-corrected chi connectivity index (χ2v) is 4.97. The van der Waals surface area contributed by atoms with Crippen LogP contribution in [0, 0.1) is 0 Å². The monoisotopic (exact) mass is 248 g/mol. The molecule has 2 unspecified atom stereocenters. The summed E-state index contributed by atoms with van der Waals surface area (Å²) in [7, 11) is 0. The Kier molecular flexibility index (Phi) is 5.41. The van der Waals surface area contributed by atoms with Gasteiger partial charge in [0.25, 0.3) is 0 Å². The lowest BCUT2D eigenvalue weighted by molar-refractivity contribution is -0.140. The minimum absolute atomic E-state index is 0.420. The summed E-state index contributed by atoms with van der Waals surface area (Å²) in [6, 6.07) is -1.79. The number of carbonyl (C=O) groups excluding carboxylic acids is 1. The maximum atomic E-state index is 11.3. The first-order valence-corrected chi connectivity index (χ1v) is 6.18. The molecule has 1 fully saturated rings. The highest BCUT2D eigenvalue weighted by Crippen LogP contribution is 2.25. The Balaban J connectivity index is 2.21. The molecule has 0 aliphatic carbocycles. The van der Waals surface area contributed by atoms with Crippen LogP contribution in [0.2, 0.25) is 0 Å². The number of carbonyl (C=O) groups is 2. The molecule has 0 aromatic heterocycles. The maximum Gasteiger partial charge on any atom is 0.328 e. The van der Waals surface area contributed by atoms with Crippen molar-refractivity contribution in [3.63, 3.8) is 0 Å². The predicted octanol–water partition coefficient (Wildman–Crippen LogP) is -0.373. The molecule has 0 radical (unpaired) electrons. The van der Waals surface area contributed by atoms with E-state index in [1.165, 1.54) is 0 Å². The number of hydrogen-bond donors (Lipinski definition) is 4. The summed E-state index contributed by atoms with van der Waals surface area (Å²) >= 11 is 1.81. The summed E-state index contributed by atoms with van der Waals surface area (Å²) in [5, 5.41) is 22.5. The molecule has 2 atom stereocenters. The Labute approximate surface area is 97.8 Å². The van der Waals surface area contributed by atoms with Crippen molar-refractivity contribution < 1.29 is 19.8 Å². The molecule has 1 aliphatic rings. The molecule has 1 aliphatic heterocycles. The number of aliphatic carboxylic acids is 1. The van der Waals surface area contributed by atoms with Crippen LogP contribution in [0.5, 0.6) is 0 Å². The number of rotatable bonds is 5. The van der Waals surface area contributed by atoms with E-state index in [0.717, 1.165) is 18.6 Å². The molecule has 16 heavy (non-hydrogen) atoms. The van der Waals surface area contributed by atoms with Crippen molar-refractivity contribution in [2.24, 2.45) is 0 Å². The number of carboxylic acids is 1. The highest BCUT2D eigenvalue weighted by molar-refractivity contribution is 8.00. The van der Waals surface area contributed by atoms with Gasteiger partial charge in [-0.25, -0.2) is 9.59 Å². The molecular weight excluding hydrogens is 232 g/mol. The molecule has 1 saturated heterocycles. The summed E-state index contributed by atoms with van der Waals surface area (Å²) in [4.78, 5) is 21.8. The molecule has 0 aromatic rings. The van der Waals surface area contributed by atoms with Crippen molar-refractivity contribution in [1.82, 2.24) is 10.6 Å². The highest BCUT2D eigenvalue weighted by atomic mass is 32.2. The molecule has 92 valence electrons. The van der Waals surface area contributed by atoms with Crippen LogP contribution in [-0.4, -0.2) is 52.4 Å². The summed E-state index contributed by atoms with van der Waals surface area (Å²) < 4.78 is 0. The normalized spacial score (nSPS) is 21.4. The lowest BCUT2D eigenvalue weighted by Crippen LogP contribution is -2.48. The van der Waals surface area contributed by atoms with Gasteiger partial charge in [-0.1, -0.05) is 0 Å². The van der Waals surface area contributed by atoms with Crippen LogP contribution in [0.15, 0.2) is 0 Å². The third-order valence-electron chi connectivity index (χ3n) is 2.30. The van der Waals surface area contributed by atoms with E-state index in [2.05, 4.69) is 10.6 Å². The zero-order valence-corrected chi connectivity index (χ0v) is 9.63. The number of carboxylic acid groups (broad SMARTS) is 1. The number of hydrogen-bond acceptors (Lipinski definition) is 4. The van der Waals surface area contributed by atoms with E-state index in [1.54, 1.807) is 0 Å². The largest absolute Gasteiger partial charge is 0.480 e. The average Bonchev–Trinajstić information content (AvgIpc) is 2.75. The molecule has 1 heterocycles. The van der Waals surface area contributed by atoms with Crippen LogP contribution < -0.4 is 10.6 Å². The van der Waals surface area contributed by atoms with E-state index >= 15 is 0 Å². The van der Waals surface area contributed by atoms with Gasteiger partial charge < -0.3 is 20.8 Å². The van der Waals surface area contributed by atoms with Gasteiger partial charge in [0.15, 0.2) is 6.04 Å². The lowest BCUT2D eigenvalue weighted by Gasteiger charge is -2.14. The Morgan fingerprint density at radius 3 is 2.75 bits per heavy atom. The average molecular weight is 248 g/mol. The summed E-state index contributed by atoms with van der Waals surface area (Å²) in [6.45, 7) is -0.0742. The number of urea groups is 1. The number of nitrogens with one attached hydrogen (secondary N) is 2. The summed E-state index contributed by atoms with van der Waals surface area (Å²) in [6.07, 6.45) is 2.24. The molecule has 1 rings (SSSR count). The highest BCUT2D eigenvalue weighted by Gasteiger charge is 2.20. The van der Waals surface area contributed by atoms with Crippen LogP contribution in [0.4, 0.5) is 4.79 Å². The van der Waals surface area contributed by atoms with Crippen LogP contribution in [-0.2, 0) is 4.79 Å². The SMILES string of the molecule is O=C(NCC1CCCS1)NC(CO)C(=O)O. The number of thioether (sulfide) groups is 1. The zero-order valence-electron chi connectivity index (χ0n) is 8.81. The van der Waals surface area contributed by atoms with Crippen LogP contribution in [0.3, 0.4) is 0 Å². The standard InChI is InChI=1S/C9H16N2O4S/c12-5-7(8(13)14)11-9(15)10-4-6-2-1-3-16-6/h6-7,12H,1-5H2,(H,13,14)(H2,10,11,15). The molecular formula is C9H16N2O4S. The molecule has 0 saturated carbocycles. The van der Waals surface area contributed by atoms with Crippen LogP contribution in [0.25, 0.3) is 0 Å². The number of aliphatic hydroxyl groups excluding tert-OH is 1. The van der Waals surface area contributed by atoms with Gasteiger partial charge in [-0.15, -0.1) is 0 Å². The predicted molar refractivity (Wildman–Crippen MR) is 60.5 cm³/mol.